The van der Waals surface area contributed by atoms with Crippen LogP contribution in [0.5, 0.6) is 0 Å². The van der Waals surface area contributed by atoms with E-state index in [0.29, 0.717) is 10.7 Å². The summed E-state index contributed by atoms with van der Waals surface area (Å²) in [7, 11) is 0. The number of carbonyl (C=O) groups excluding carboxylic acids is 1. The van der Waals surface area contributed by atoms with Crippen LogP contribution in [0.25, 0.3) is 0 Å². The van der Waals surface area contributed by atoms with Crippen molar-refractivity contribution in [1.29, 1.82) is 0 Å². The van der Waals surface area contributed by atoms with Crippen molar-refractivity contribution in [2.45, 2.75) is 30.5 Å². The molecule has 0 bridgehead atoms. The first-order valence-electron chi connectivity index (χ1n) is 6.34. The third-order valence-electron chi connectivity index (χ3n) is 3.43. The van der Waals surface area contributed by atoms with Crippen LogP contribution in [0.4, 0.5) is 0 Å². The van der Waals surface area contributed by atoms with Gasteiger partial charge in [0, 0.05) is 20.5 Å². The lowest BCUT2D eigenvalue weighted by Gasteiger charge is -2.27. The van der Waals surface area contributed by atoms with Gasteiger partial charge in [0.05, 0.1) is 0 Å². The van der Waals surface area contributed by atoms with Crippen molar-refractivity contribution < 1.29 is 4.79 Å². The Morgan fingerprint density at radius 3 is 2.89 bits per heavy atom. The van der Waals surface area contributed by atoms with Gasteiger partial charge in [-0.3, -0.25) is 4.79 Å². The van der Waals surface area contributed by atoms with Crippen LogP contribution in [-0.2, 0) is 0 Å². The zero-order valence-electron chi connectivity index (χ0n) is 10.2. The van der Waals surface area contributed by atoms with Crippen LogP contribution in [0.2, 0.25) is 0 Å². The smallest absolute Gasteiger partial charge is 0.251 e. The van der Waals surface area contributed by atoms with E-state index >= 15 is 0 Å². The van der Waals surface area contributed by atoms with Gasteiger partial charge in [-0.2, -0.15) is 0 Å². The number of hydrogen-bond acceptors (Lipinski definition) is 1. The monoisotopic (exact) mass is 421 g/mol. The molecule has 1 fully saturated rings. The Morgan fingerprint density at radius 1 is 1.39 bits per heavy atom. The van der Waals surface area contributed by atoms with Gasteiger partial charge in [0.15, 0.2) is 0 Å². The lowest BCUT2D eigenvalue weighted by molar-refractivity contribution is 0.0944. The summed E-state index contributed by atoms with van der Waals surface area (Å²) in [5.74, 6) is 0.615. The quantitative estimate of drug-likeness (QED) is 0.580. The number of alkyl halides is 1. The molecule has 0 aliphatic heterocycles. The van der Waals surface area contributed by atoms with Crippen molar-refractivity contribution in [3.63, 3.8) is 0 Å². The maximum atomic E-state index is 12.0. The Balaban J connectivity index is 1.88. The topological polar surface area (TPSA) is 29.1 Å². The minimum absolute atomic E-state index is 0.0405. The second kappa shape index (κ2) is 6.89. The van der Waals surface area contributed by atoms with Crippen LogP contribution in [0.15, 0.2) is 24.3 Å². The number of nitrogens with one attached hydrogen (secondary N) is 1. The molecule has 1 N–H and O–H groups in total. The third-order valence-corrected chi connectivity index (χ3v) is 5.30. The Labute approximate surface area is 130 Å². The number of amides is 1. The van der Waals surface area contributed by atoms with Gasteiger partial charge in [-0.1, -0.05) is 34.8 Å². The van der Waals surface area contributed by atoms with E-state index in [9.17, 15) is 4.79 Å². The van der Waals surface area contributed by atoms with E-state index in [1.165, 1.54) is 25.7 Å². The molecular weight excluding hydrogens is 405 g/mol. The molecule has 0 radical (unpaired) electrons. The van der Waals surface area contributed by atoms with Crippen LogP contribution in [0.1, 0.15) is 36.0 Å². The second-order valence-corrected chi connectivity index (χ2v) is 7.20. The molecule has 2 atom stereocenters. The van der Waals surface area contributed by atoms with Gasteiger partial charge in [0.25, 0.3) is 5.91 Å². The van der Waals surface area contributed by atoms with Gasteiger partial charge in [-0.15, -0.1) is 0 Å². The molecule has 0 spiro atoms. The largest absolute Gasteiger partial charge is 0.352 e. The van der Waals surface area contributed by atoms with Crippen LogP contribution in [0.3, 0.4) is 0 Å². The van der Waals surface area contributed by atoms with Crippen LogP contribution < -0.4 is 5.32 Å². The molecule has 2 unspecified atom stereocenters. The number of carbonyl (C=O) groups is 1. The maximum absolute atomic E-state index is 12.0. The first-order valence-corrected chi connectivity index (χ1v) is 8.34. The normalized spacial score (nSPS) is 23.7. The van der Waals surface area contributed by atoms with Crippen molar-refractivity contribution in [3.8, 4) is 0 Å². The third kappa shape index (κ3) is 3.95. The Bertz CT molecular complexity index is 424. The van der Waals surface area contributed by atoms with E-state index in [1.54, 1.807) is 0 Å². The Hall–Kier alpha value is -0.100. The van der Waals surface area contributed by atoms with Gasteiger partial charge in [-0.05, 0) is 59.5 Å². The minimum atomic E-state index is 0.0405. The average molecular weight is 422 g/mol. The summed E-state index contributed by atoms with van der Waals surface area (Å²) < 4.78 is 1.09. The fourth-order valence-corrected chi connectivity index (χ4v) is 3.67. The van der Waals surface area contributed by atoms with Crippen molar-refractivity contribution in [2.75, 3.05) is 6.54 Å². The molecule has 18 heavy (non-hydrogen) atoms. The summed E-state index contributed by atoms with van der Waals surface area (Å²) in [4.78, 5) is 12.6. The lowest BCUT2D eigenvalue weighted by Crippen LogP contribution is -2.34. The number of rotatable bonds is 3. The molecule has 0 heterocycles. The Morgan fingerprint density at radius 2 is 2.17 bits per heavy atom. The summed E-state index contributed by atoms with van der Waals surface area (Å²) in [6, 6.07) is 7.70. The van der Waals surface area contributed by atoms with Gasteiger partial charge in [-0.25, -0.2) is 0 Å². The maximum Gasteiger partial charge on any atom is 0.251 e. The number of hydrogen-bond donors (Lipinski definition) is 1. The van der Waals surface area contributed by atoms with E-state index in [0.717, 1.165) is 15.7 Å². The predicted molar refractivity (Wildman–Crippen MR) is 86.2 cm³/mol. The second-order valence-electron chi connectivity index (χ2n) is 4.78. The van der Waals surface area contributed by atoms with Gasteiger partial charge in [0.2, 0.25) is 0 Å². The summed E-state index contributed by atoms with van der Waals surface area (Å²) in [6.07, 6.45) is 5.02. The first-order chi connectivity index (χ1) is 8.66. The minimum Gasteiger partial charge on any atom is -0.352 e. The van der Waals surface area contributed by atoms with E-state index in [2.05, 4.69) is 43.8 Å². The van der Waals surface area contributed by atoms with E-state index in [-0.39, 0.29) is 5.91 Å². The average Bonchev–Trinajstić information content (AvgIpc) is 2.37. The zero-order valence-corrected chi connectivity index (χ0v) is 13.9. The first kappa shape index (κ1) is 14.3. The van der Waals surface area contributed by atoms with Crippen molar-refractivity contribution >= 4 is 44.4 Å². The van der Waals surface area contributed by atoms with Crippen LogP contribution in [-0.4, -0.2) is 17.3 Å². The Kier molecular flexibility index (Phi) is 5.48. The molecule has 2 rings (SSSR count). The SMILES string of the molecule is O=C(NCC1CCCCC1Br)c1cccc(I)c1. The van der Waals surface area contributed by atoms with E-state index in [4.69, 9.17) is 0 Å². The number of benzene rings is 1. The highest BCUT2D eigenvalue weighted by molar-refractivity contribution is 14.1. The standard InChI is InChI=1S/C14H17BrINO/c15-13-7-2-1-4-11(13)9-17-14(18)10-5-3-6-12(16)8-10/h3,5-6,8,11,13H,1-2,4,7,9H2,(H,17,18). The molecule has 98 valence electrons. The van der Waals surface area contributed by atoms with E-state index < -0.39 is 0 Å². The lowest BCUT2D eigenvalue weighted by atomic mass is 9.89. The van der Waals surface area contributed by atoms with Crippen molar-refractivity contribution in [1.82, 2.24) is 5.32 Å². The molecule has 0 aromatic heterocycles. The summed E-state index contributed by atoms with van der Waals surface area (Å²) in [6.45, 7) is 0.778. The van der Waals surface area contributed by atoms with Crippen molar-refractivity contribution in [3.05, 3.63) is 33.4 Å². The molecule has 1 saturated carbocycles. The van der Waals surface area contributed by atoms with Gasteiger partial charge < -0.3 is 5.32 Å². The summed E-state index contributed by atoms with van der Waals surface area (Å²) >= 11 is 5.95. The predicted octanol–water partition coefficient (Wildman–Crippen LogP) is 3.97. The van der Waals surface area contributed by atoms with Gasteiger partial charge in [0.1, 0.15) is 0 Å². The molecule has 1 aliphatic carbocycles. The van der Waals surface area contributed by atoms with Gasteiger partial charge >= 0.3 is 0 Å². The summed E-state index contributed by atoms with van der Waals surface area (Å²) in [5, 5.41) is 3.05. The fourth-order valence-electron chi connectivity index (χ4n) is 2.35. The van der Waals surface area contributed by atoms with Crippen LogP contribution in [0, 0.1) is 9.49 Å². The fraction of sp³-hybridized carbons (Fsp3) is 0.500. The molecule has 1 aromatic rings. The molecule has 1 amide bonds. The molecule has 2 nitrogen and oxygen atoms in total. The molecular formula is C14H17BrINO. The summed E-state index contributed by atoms with van der Waals surface area (Å²) in [5.41, 5.74) is 0.754. The highest BCUT2D eigenvalue weighted by atomic mass is 127. The van der Waals surface area contributed by atoms with E-state index in [1.807, 2.05) is 24.3 Å². The molecule has 4 heteroatoms. The highest BCUT2D eigenvalue weighted by Gasteiger charge is 2.23. The van der Waals surface area contributed by atoms with Crippen molar-refractivity contribution in [2.24, 2.45) is 5.92 Å². The molecule has 1 aliphatic rings. The zero-order chi connectivity index (χ0) is 13.0. The number of halogens is 2. The van der Waals surface area contributed by atoms with Crippen LogP contribution >= 0.6 is 38.5 Å². The highest BCUT2D eigenvalue weighted by Crippen LogP contribution is 2.29. The molecule has 1 aromatic carbocycles. The molecule has 0 saturated heterocycles.